The molecule has 0 aromatic heterocycles. The van der Waals surface area contributed by atoms with Gasteiger partial charge in [0.1, 0.15) is 0 Å². The Balaban J connectivity index is 2.30. The van der Waals surface area contributed by atoms with Crippen molar-refractivity contribution in [3.8, 4) is 0 Å². The minimum absolute atomic E-state index is 0.0318. The van der Waals surface area contributed by atoms with Gasteiger partial charge in [-0.3, -0.25) is 4.79 Å². The third-order valence-corrected chi connectivity index (χ3v) is 4.33. The van der Waals surface area contributed by atoms with Crippen LogP contribution >= 0.6 is 23.4 Å². The zero-order chi connectivity index (χ0) is 13.1. The average Bonchev–Trinajstić information content (AvgIpc) is 2.34. The molecule has 0 aliphatic heterocycles. The third-order valence-electron chi connectivity index (χ3n) is 2.65. The largest absolute Gasteiger partial charge is 0.295 e. The minimum Gasteiger partial charge on any atom is -0.295 e. The lowest BCUT2D eigenvalue weighted by molar-refractivity contribution is 0.101. The Kier molecular flexibility index (Phi) is 4.10. The summed E-state index contributed by atoms with van der Waals surface area (Å²) in [5.41, 5.74) is 1.86. The average molecular weight is 277 g/mol. The molecule has 1 nitrogen and oxygen atoms in total. The minimum atomic E-state index is 0.0318. The molecule has 92 valence electrons. The van der Waals surface area contributed by atoms with Crippen LogP contribution in [0.3, 0.4) is 0 Å². The van der Waals surface area contributed by atoms with E-state index in [2.05, 4.69) is 19.1 Å². The Labute approximate surface area is 116 Å². The smallest absolute Gasteiger partial charge is 0.159 e. The molecule has 0 bridgehead atoms. The van der Waals surface area contributed by atoms with Crippen molar-refractivity contribution in [1.82, 2.24) is 0 Å². The van der Waals surface area contributed by atoms with Gasteiger partial charge in [-0.15, -0.1) is 0 Å². The molecular weight excluding hydrogens is 264 g/mol. The van der Waals surface area contributed by atoms with E-state index in [1.807, 2.05) is 24.3 Å². The molecule has 0 aliphatic rings. The van der Waals surface area contributed by atoms with Crippen LogP contribution in [0, 0.1) is 6.92 Å². The summed E-state index contributed by atoms with van der Waals surface area (Å²) in [6.45, 7) is 3.61. The van der Waals surface area contributed by atoms with E-state index in [9.17, 15) is 4.79 Å². The van der Waals surface area contributed by atoms with Gasteiger partial charge in [0.15, 0.2) is 5.78 Å². The fraction of sp³-hybridized carbons (Fsp3) is 0.133. The van der Waals surface area contributed by atoms with Gasteiger partial charge in [0, 0.05) is 15.4 Å². The first-order valence-electron chi connectivity index (χ1n) is 5.62. The summed E-state index contributed by atoms with van der Waals surface area (Å²) in [5, 5.41) is 0.621. The van der Waals surface area contributed by atoms with Crippen LogP contribution in [0.1, 0.15) is 22.8 Å². The number of ketones is 1. The molecule has 2 rings (SSSR count). The molecule has 0 saturated carbocycles. The lowest BCUT2D eigenvalue weighted by atomic mass is 10.1. The summed E-state index contributed by atoms with van der Waals surface area (Å²) >= 11 is 7.82. The molecule has 3 heteroatoms. The molecule has 2 aromatic rings. The SMILES string of the molecule is CC(=O)c1ccc(Sc2ccccc2C)c(Cl)c1. The standard InChI is InChI=1S/C15H13ClOS/c1-10-5-3-4-6-14(10)18-15-8-7-12(11(2)17)9-13(15)16/h3-9H,1-2H3. The maximum absolute atomic E-state index is 11.3. The molecule has 0 saturated heterocycles. The van der Waals surface area contributed by atoms with Gasteiger partial charge in [0.2, 0.25) is 0 Å². The number of halogens is 1. The zero-order valence-electron chi connectivity index (χ0n) is 10.2. The zero-order valence-corrected chi connectivity index (χ0v) is 11.8. The van der Waals surface area contributed by atoms with Crippen molar-refractivity contribution in [3.05, 3.63) is 58.6 Å². The summed E-state index contributed by atoms with van der Waals surface area (Å²) in [5.74, 6) is 0.0318. The van der Waals surface area contributed by atoms with Crippen molar-refractivity contribution >= 4 is 29.1 Å². The van der Waals surface area contributed by atoms with E-state index in [4.69, 9.17) is 11.6 Å². The van der Waals surface area contributed by atoms with E-state index in [0.717, 1.165) is 4.90 Å². The number of Topliss-reactive ketones (excluding diaryl/α,β-unsaturated/α-hetero) is 1. The molecule has 0 fully saturated rings. The second-order valence-electron chi connectivity index (χ2n) is 4.07. The van der Waals surface area contributed by atoms with Gasteiger partial charge >= 0.3 is 0 Å². The molecule has 0 N–H and O–H groups in total. The number of benzene rings is 2. The van der Waals surface area contributed by atoms with E-state index in [1.54, 1.807) is 24.8 Å². The highest BCUT2D eigenvalue weighted by Gasteiger charge is 2.07. The highest BCUT2D eigenvalue weighted by atomic mass is 35.5. The fourth-order valence-corrected chi connectivity index (χ4v) is 2.79. The Hall–Kier alpha value is -1.25. The Bertz CT molecular complexity index is 593. The maximum Gasteiger partial charge on any atom is 0.159 e. The monoisotopic (exact) mass is 276 g/mol. The predicted octanol–water partition coefficient (Wildman–Crippen LogP) is 5.00. The molecule has 0 aliphatic carbocycles. The molecule has 0 unspecified atom stereocenters. The van der Waals surface area contributed by atoms with Gasteiger partial charge in [-0.25, -0.2) is 0 Å². The number of rotatable bonds is 3. The lowest BCUT2D eigenvalue weighted by Crippen LogP contribution is -1.91. The Morgan fingerprint density at radius 2 is 1.83 bits per heavy atom. The summed E-state index contributed by atoms with van der Waals surface area (Å²) in [7, 11) is 0. The number of aryl methyl sites for hydroxylation is 1. The van der Waals surface area contributed by atoms with Crippen LogP contribution in [0.5, 0.6) is 0 Å². The van der Waals surface area contributed by atoms with Gasteiger partial charge in [0.05, 0.1) is 5.02 Å². The van der Waals surface area contributed by atoms with E-state index < -0.39 is 0 Å². The molecule has 2 aromatic carbocycles. The number of carbonyl (C=O) groups is 1. The van der Waals surface area contributed by atoms with Crippen molar-refractivity contribution in [3.63, 3.8) is 0 Å². The lowest BCUT2D eigenvalue weighted by Gasteiger charge is -2.07. The van der Waals surface area contributed by atoms with E-state index in [0.29, 0.717) is 10.6 Å². The molecule has 0 radical (unpaired) electrons. The molecule has 0 amide bonds. The highest BCUT2D eigenvalue weighted by molar-refractivity contribution is 7.99. The highest BCUT2D eigenvalue weighted by Crippen LogP contribution is 2.35. The van der Waals surface area contributed by atoms with Gasteiger partial charge in [-0.05, 0) is 37.6 Å². The van der Waals surface area contributed by atoms with Crippen LogP contribution in [0.2, 0.25) is 5.02 Å². The van der Waals surface area contributed by atoms with Crippen molar-refractivity contribution in [1.29, 1.82) is 0 Å². The number of hydrogen-bond donors (Lipinski definition) is 0. The summed E-state index contributed by atoms with van der Waals surface area (Å²) in [6.07, 6.45) is 0. The van der Waals surface area contributed by atoms with E-state index >= 15 is 0 Å². The third kappa shape index (κ3) is 2.95. The fourth-order valence-electron chi connectivity index (χ4n) is 1.59. The number of carbonyl (C=O) groups excluding carboxylic acids is 1. The summed E-state index contributed by atoms with van der Waals surface area (Å²) < 4.78 is 0. The second-order valence-corrected chi connectivity index (χ2v) is 5.56. The van der Waals surface area contributed by atoms with Crippen molar-refractivity contribution in [2.75, 3.05) is 0 Å². The second kappa shape index (κ2) is 5.59. The molecule has 0 spiro atoms. The first kappa shape index (κ1) is 13.2. The normalized spacial score (nSPS) is 10.4. The summed E-state index contributed by atoms with van der Waals surface area (Å²) in [6, 6.07) is 13.6. The predicted molar refractivity (Wildman–Crippen MR) is 76.8 cm³/mol. The molecule has 0 atom stereocenters. The summed E-state index contributed by atoms with van der Waals surface area (Å²) in [4.78, 5) is 13.4. The quantitative estimate of drug-likeness (QED) is 0.734. The first-order chi connectivity index (χ1) is 8.58. The van der Waals surface area contributed by atoms with Crippen molar-refractivity contribution in [2.45, 2.75) is 23.6 Å². The topological polar surface area (TPSA) is 17.1 Å². The Morgan fingerprint density at radius 3 is 2.44 bits per heavy atom. The van der Waals surface area contributed by atoms with Gasteiger partial charge in [0.25, 0.3) is 0 Å². The van der Waals surface area contributed by atoms with Crippen LogP contribution in [0.15, 0.2) is 52.3 Å². The first-order valence-corrected chi connectivity index (χ1v) is 6.81. The van der Waals surface area contributed by atoms with Crippen LogP contribution in [-0.4, -0.2) is 5.78 Å². The van der Waals surface area contributed by atoms with E-state index in [1.165, 1.54) is 10.5 Å². The van der Waals surface area contributed by atoms with Crippen molar-refractivity contribution in [2.24, 2.45) is 0 Å². The van der Waals surface area contributed by atoms with E-state index in [-0.39, 0.29) is 5.78 Å². The van der Waals surface area contributed by atoms with Gasteiger partial charge < -0.3 is 0 Å². The molecular formula is C15H13ClOS. The number of hydrogen-bond acceptors (Lipinski definition) is 2. The van der Waals surface area contributed by atoms with Crippen LogP contribution in [0.25, 0.3) is 0 Å². The molecule has 0 heterocycles. The van der Waals surface area contributed by atoms with Crippen LogP contribution in [0.4, 0.5) is 0 Å². The van der Waals surface area contributed by atoms with Crippen LogP contribution < -0.4 is 0 Å². The van der Waals surface area contributed by atoms with Crippen molar-refractivity contribution < 1.29 is 4.79 Å². The van der Waals surface area contributed by atoms with Gasteiger partial charge in [-0.2, -0.15) is 0 Å². The van der Waals surface area contributed by atoms with Crippen LogP contribution in [-0.2, 0) is 0 Å². The molecule has 18 heavy (non-hydrogen) atoms. The maximum atomic E-state index is 11.3. The Morgan fingerprint density at radius 1 is 1.11 bits per heavy atom. The van der Waals surface area contributed by atoms with Gasteiger partial charge in [-0.1, -0.05) is 47.6 Å².